The van der Waals surface area contributed by atoms with E-state index in [9.17, 15) is 4.79 Å². The normalized spacial score (nSPS) is 12.0. The number of nitrogens with zero attached hydrogens (tertiary/aromatic N) is 1. The summed E-state index contributed by atoms with van der Waals surface area (Å²) in [7, 11) is 3.55. The molecule has 1 atom stereocenters. The second kappa shape index (κ2) is 8.71. The summed E-state index contributed by atoms with van der Waals surface area (Å²) in [5, 5.41) is 3.67. The highest BCUT2D eigenvalue weighted by Gasteiger charge is 2.18. The maximum absolute atomic E-state index is 12.4. The Kier molecular flexibility index (Phi) is 6.64. The molecule has 0 aromatic heterocycles. The maximum Gasteiger partial charge on any atom is 0.237 e. The van der Waals surface area contributed by atoms with Crippen LogP contribution in [0.1, 0.15) is 18.1 Å². The molecule has 0 fully saturated rings. The van der Waals surface area contributed by atoms with Crippen molar-refractivity contribution in [2.75, 3.05) is 14.2 Å². The van der Waals surface area contributed by atoms with Gasteiger partial charge in [-0.1, -0.05) is 41.9 Å². The van der Waals surface area contributed by atoms with E-state index in [4.69, 9.17) is 16.3 Å². The molecule has 2 rings (SSSR count). The number of hydrogen-bond acceptors (Lipinski definition) is 3. The number of hydrogen-bond donors (Lipinski definition) is 1. The topological polar surface area (TPSA) is 41.6 Å². The summed E-state index contributed by atoms with van der Waals surface area (Å²) in [5.74, 6) is 0.753. The molecule has 2 aromatic carbocycles. The van der Waals surface area contributed by atoms with E-state index >= 15 is 0 Å². The number of amides is 1. The van der Waals surface area contributed by atoms with E-state index in [0.717, 1.165) is 16.9 Å². The van der Waals surface area contributed by atoms with Gasteiger partial charge < -0.3 is 10.1 Å². The number of carbonyl (C=O) groups is 1. The zero-order valence-corrected chi connectivity index (χ0v) is 15.0. The molecule has 1 amide bonds. The molecule has 0 aliphatic carbocycles. The Bertz CT molecular complexity index is 691. The lowest BCUT2D eigenvalue weighted by Crippen LogP contribution is -2.42. The summed E-state index contributed by atoms with van der Waals surface area (Å²) in [4.78, 5) is 14.4. The molecule has 0 aliphatic rings. The summed E-state index contributed by atoms with van der Waals surface area (Å²) >= 11 is 6.01. The van der Waals surface area contributed by atoms with E-state index in [1.807, 2.05) is 67.4 Å². The number of para-hydroxylation sites is 1. The van der Waals surface area contributed by atoms with Crippen molar-refractivity contribution >= 4 is 17.5 Å². The van der Waals surface area contributed by atoms with Crippen molar-refractivity contribution in [1.29, 1.82) is 0 Å². The minimum Gasteiger partial charge on any atom is -0.496 e. The van der Waals surface area contributed by atoms with Gasteiger partial charge in [0.25, 0.3) is 0 Å². The summed E-state index contributed by atoms with van der Waals surface area (Å²) in [6.07, 6.45) is 0. The van der Waals surface area contributed by atoms with Crippen LogP contribution in [0.5, 0.6) is 5.75 Å². The summed E-state index contributed by atoms with van der Waals surface area (Å²) in [6.45, 7) is 2.99. The highest BCUT2D eigenvalue weighted by atomic mass is 35.5. The molecule has 1 N–H and O–H groups in total. The van der Waals surface area contributed by atoms with Gasteiger partial charge in [-0.15, -0.1) is 0 Å². The SMILES string of the molecule is COc1ccccc1CNC(=O)C(C)N(C)Cc1cccc(Cl)c1. The van der Waals surface area contributed by atoms with Crippen LogP contribution >= 0.6 is 11.6 Å². The van der Waals surface area contributed by atoms with Crippen molar-refractivity contribution in [3.8, 4) is 5.75 Å². The molecule has 0 saturated heterocycles. The Balaban J connectivity index is 1.91. The van der Waals surface area contributed by atoms with Crippen LogP contribution in [-0.2, 0) is 17.9 Å². The van der Waals surface area contributed by atoms with Crippen molar-refractivity contribution in [2.24, 2.45) is 0 Å². The van der Waals surface area contributed by atoms with Crippen LogP contribution in [0.4, 0.5) is 0 Å². The molecule has 128 valence electrons. The van der Waals surface area contributed by atoms with Crippen molar-refractivity contribution in [3.05, 3.63) is 64.7 Å². The number of likely N-dealkylation sites (N-methyl/N-ethyl adjacent to an activating group) is 1. The van der Waals surface area contributed by atoms with Gasteiger partial charge in [0, 0.05) is 23.7 Å². The second-order valence-electron chi connectivity index (χ2n) is 5.75. The molecule has 0 radical (unpaired) electrons. The van der Waals surface area contributed by atoms with Gasteiger partial charge in [-0.3, -0.25) is 9.69 Å². The molecule has 1 unspecified atom stereocenters. The molecule has 5 heteroatoms. The van der Waals surface area contributed by atoms with Gasteiger partial charge in [-0.2, -0.15) is 0 Å². The maximum atomic E-state index is 12.4. The molecule has 24 heavy (non-hydrogen) atoms. The molecule has 0 heterocycles. The Hall–Kier alpha value is -2.04. The Labute approximate surface area is 148 Å². The fourth-order valence-corrected chi connectivity index (χ4v) is 2.65. The molecule has 2 aromatic rings. The lowest BCUT2D eigenvalue weighted by atomic mass is 10.1. The van der Waals surface area contributed by atoms with Crippen LogP contribution in [0.15, 0.2) is 48.5 Å². The fourth-order valence-electron chi connectivity index (χ4n) is 2.44. The number of methoxy groups -OCH3 is 1. The number of halogens is 1. The molecule has 4 nitrogen and oxygen atoms in total. The summed E-state index contributed by atoms with van der Waals surface area (Å²) in [6, 6.07) is 15.1. The van der Waals surface area contributed by atoms with Crippen LogP contribution in [0.3, 0.4) is 0 Å². The number of nitrogens with one attached hydrogen (secondary N) is 1. The van der Waals surface area contributed by atoms with Gasteiger partial charge in [-0.05, 0) is 37.7 Å². The van der Waals surface area contributed by atoms with Crippen LogP contribution in [-0.4, -0.2) is 31.0 Å². The van der Waals surface area contributed by atoms with Crippen LogP contribution < -0.4 is 10.1 Å². The van der Waals surface area contributed by atoms with Crippen LogP contribution in [0, 0.1) is 0 Å². The summed E-state index contributed by atoms with van der Waals surface area (Å²) in [5.41, 5.74) is 2.03. The molecule has 0 spiro atoms. The zero-order valence-electron chi connectivity index (χ0n) is 14.3. The molecule has 0 aliphatic heterocycles. The minimum absolute atomic E-state index is 0.0227. The quantitative estimate of drug-likeness (QED) is 0.834. The Morgan fingerprint density at radius 3 is 2.71 bits per heavy atom. The Morgan fingerprint density at radius 1 is 1.25 bits per heavy atom. The number of rotatable bonds is 7. The van der Waals surface area contributed by atoms with Gasteiger partial charge in [0.15, 0.2) is 0 Å². The van der Waals surface area contributed by atoms with Crippen LogP contribution in [0.2, 0.25) is 5.02 Å². The molecular formula is C19H23ClN2O2. The highest BCUT2D eigenvalue weighted by Crippen LogP contribution is 2.17. The van der Waals surface area contributed by atoms with Crippen molar-refractivity contribution < 1.29 is 9.53 Å². The fraction of sp³-hybridized carbons (Fsp3) is 0.316. The van der Waals surface area contributed by atoms with E-state index in [-0.39, 0.29) is 11.9 Å². The number of carbonyl (C=O) groups excluding carboxylic acids is 1. The largest absolute Gasteiger partial charge is 0.496 e. The average molecular weight is 347 g/mol. The Morgan fingerprint density at radius 2 is 2.00 bits per heavy atom. The third kappa shape index (κ3) is 4.98. The third-order valence-corrected chi connectivity index (χ3v) is 4.24. The van der Waals surface area contributed by atoms with E-state index in [2.05, 4.69) is 5.32 Å². The first-order valence-electron chi connectivity index (χ1n) is 7.85. The first kappa shape index (κ1) is 18.3. The smallest absolute Gasteiger partial charge is 0.237 e. The van der Waals surface area contributed by atoms with Gasteiger partial charge in [0.2, 0.25) is 5.91 Å². The average Bonchev–Trinajstić information content (AvgIpc) is 2.59. The number of ether oxygens (including phenoxy) is 1. The van der Waals surface area contributed by atoms with E-state index < -0.39 is 0 Å². The first-order valence-corrected chi connectivity index (χ1v) is 8.23. The predicted octanol–water partition coefficient (Wildman–Crippen LogP) is 3.49. The van der Waals surface area contributed by atoms with Gasteiger partial charge in [0.1, 0.15) is 5.75 Å². The highest BCUT2D eigenvalue weighted by molar-refractivity contribution is 6.30. The number of benzene rings is 2. The molecule has 0 saturated carbocycles. The minimum atomic E-state index is -0.251. The molecule has 0 bridgehead atoms. The molecular weight excluding hydrogens is 324 g/mol. The van der Waals surface area contributed by atoms with Crippen molar-refractivity contribution in [2.45, 2.75) is 26.1 Å². The second-order valence-corrected chi connectivity index (χ2v) is 6.19. The first-order chi connectivity index (χ1) is 11.5. The standard InChI is InChI=1S/C19H23ClN2O2/c1-14(22(2)13-15-7-6-9-17(20)11-15)19(23)21-12-16-8-4-5-10-18(16)24-3/h4-11,14H,12-13H2,1-3H3,(H,21,23). The lowest BCUT2D eigenvalue weighted by molar-refractivity contribution is -0.125. The monoisotopic (exact) mass is 346 g/mol. The van der Waals surface area contributed by atoms with Crippen molar-refractivity contribution in [3.63, 3.8) is 0 Å². The van der Waals surface area contributed by atoms with E-state index in [0.29, 0.717) is 18.1 Å². The van der Waals surface area contributed by atoms with Gasteiger partial charge in [0.05, 0.1) is 13.2 Å². The zero-order chi connectivity index (χ0) is 17.5. The van der Waals surface area contributed by atoms with Gasteiger partial charge >= 0.3 is 0 Å². The lowest BCUT2D eigenvalue weighted by Gasteiger charge is -2.24. The summed E-state index contributed by atoms with van der Waals surface area (Å²) < 4.78 is 5.30. The van der Waals surface area contributed by atoms with Crippen LogP contribution in [0.25, 0.3) is 0 Å². The van der Waals surface area contributed by atoms with E-state index in [1.54, 1.807) is 7.11 Å². The van der Waals surface area contributed by atoms with Crippen molar-refractivity contribution in [1.82, 2.24) is 10.2 Å². The van der Waals surface area contributed by atoms with E-state index in [1.165, 1.54) is 0 Å². The predicted molar refractivity (Wildman–Crippen MR) is 97.2 cm³/mol. The third-order valence-electron chi connectivity index (χ3n) is 4.01. The van der Waals surface area contributed by atoms with Gasteiger partial charge in [-0.25, -0.2) is 0 Å².